The van der Waals surface area contributed by atoms with Gasteiger partial charge in [0.1, 0.15) is 11.4 Å². The van der Waals surface area contributed by atoms with E-state index in [0.29, 0.717) is 11.3 Å². The molecule has 0 spiro atoms. The molecule has 0 aliphatic heterocycles. The molecule has 2 rings (SSSR count). The van der Waals surface area contributed by atoms with E-state index < -0.39 is 40.7 Å². The van der Waals surface area contributed by atoms with Crippen molar-refractivity contribution in [1.82, 2.24) is 0 Å². The van der Waals surface area contributed by atoms with E-state index >= 15 is 0 Å². The van der Waals surface area contributed by atoms with E-state index in [4.69, 9.17) is 9.47 Å². The van der Waals surface area contributed by atoms with Crippen LogP contribution in [0, 0.1) is 16.0 Å². The first-order valence-electron chi connectivity index (χ1n) is 9.67. The SMILES string of the molecule is COc1ccc(C[C@H](C(=O)C(=O)OC(C)(C)C)[C@H](C[N+](=O)[O-])c2ccccc2)cc1. The Balaban J connectivity index is 2.44. The van der Waals surface area contributed by atoms with Crippen molar-refractivity contribution in [2.75, 3.05) is 13.7 Å². The summed E-state index contributed by atoms with van der Waals surface area (Å²) in [5, 5.41) is 11.4. The summed E-state index contributed by atoms with van der Waals surface area (Å²) in [5.74, 6) is -2.82. The number of carbonyl (C=O) groups is 2. The van der Waals surface area contributed by atoms with Crippen molar-refractivity contribution in [2.24, 2.45) is 5.92 Å². The van der Waals surface area contributed by atoms with Gasteiger partial charge in [-0.15, -0.1) is 0 Å². The summed E-state index contributed by atoms with van der Waals surface area (Å²) in [4.78, 5) is 36.6. The molecule has 160 valence electrons. The topological polar surface area (TPSA) is 95.7 Å². The third kappa shape index (κ3) is 6.69. The van der Waals surface area contributed by atoms with E-state index in [0.717, 1.165) is 5.56 Å². The molecule has 7 heteroatoms. The monoisotopic (exact) mass is 413 g/mol. The van der Waals surface area contributed by atoms with Gasteiger partial charge in [-0.1, -0.05) is 42.5 Å². The van der Waals surface area contributed by atoms with Gasteiger partial charge >= 0.3 is 5.97 Å². The summed E-state index contributed by atoms with van der Waals surface area (Å²) in [6.07, 6.45) is 0.162. The van der Waals surface area contributed by atoms with E-state index in [1.165, 1.54) is 0 Å². The van der Waals surface area contributed by atoms with Gasteiger partial charge in [0, 0.05) is 10.8 Å². The quantitative estimate of drug-likeness (QED) is 0.268. The van der Waals surface area contributed by atoms with Crippen LogP contribution < -0.4 is 4.74 Å². The first-order chi connectivity index (χ1) is 14.1. The normalized spacial score (nSPS) is 13.2. The third-order valence-corrected chi connectivity index (χ3v) is 4.61. The Morgan fingerprint density at radius 1 is 1.03 bits per heavy atom. The van der Waals surface area contributed by atoms with Crippen molar-refractivity contribution in [3.63, 3.8) is 0 Å². The molecule has 0 aliphatic rings. The highest BCUT2D eigenvalue weighted by Gasteiger charge is 2.38. The van der Waals surface area contributed by atoms with Crippen molar-refractivity contribution in [3.8, 4) is 5.75 Å². The molecule has 0 unspecified atom stereocenters. The Bertz CT molecular complexity index is 871. The second-order valence-electron chi connectivity index (χ2n) is 8.06. The molecule has 30 heavy (non-hydrogen) atoms. The number of hydrogen-bond donors (Lipinski definition) is 0. The second-order valence-corrected chi connectivity index (χ2v) is 8.06. The predicted octanol–water partition coefficient (Wildman–Crippen LogP) is 3.83. The molecule has 0 aliphatic carbocycles. The standard InChI is InChI=1S/C23H27NO6/c1-23(2,3)30-22(26)21(25)19(14-16-10-12-18(29-4)13-11-16)20(15-24(27)28)17-8-6-5-7-9-17/h5-13,19-20H,14-15H2,1-4H3/t19-,20+/m0/s1. The van der Waals surface area contributed by atoms with Crippen LogP contribution in [0.2, 0.25) is 0 Å². The van der Waals surface area contributed by atoms with Crippen LogP contribution in [0.4, 0.5) is 0 Å². The van der Waals surface area contributed by atoms with Crippen LogP contribution in [0.5, 0.6) is 5.75 Å². The molecule has 2 atom stereocenters. The number of methoxy groups -OCH3 is 1. The maximum absolute atomic E-state index is 13.1. The third-order valence-electron chi connectivity index (χ3n) is 4.61. The Morgan fingerprint density at radius 2 is 1.63 bits per heavy atom. The average molecular weight is 413 g/mol. The lowest BCUT2D eigenvalue weighted by Gasteiger charge is -2.25. The molecule has 2 aromatic carbocycles. The van der Waals surface area contributed by atoms with E-state index in [1.54, 1.807) is 82.5 Å². The molecule has 2 aromatic rings. The number of carbonyl (C=O) groups excluding carboxylic acids is 2. The Kier molecular flexibility index (Phi) is 7.69. The molecule has 0 bridgehead atoms. The summed E-state index contributed by atoms with van der Waals surface area (Å²) in [7, 11) is 1.55. The molecular formula is C23H27NO6. The van der Waals surface area contributed by atoms with Gasteiger partial charge in [-0.25, -0.2) is 4.79 Å². The Morgan fingerprint density at radius 3 is 2.13 bits per heavy atom. The van der Waals surface area contributed by atoms with Crippen molar-refractivity contribution in [1.29, 1.82) is 0 Å². The number of benzene rings is 2. The molecule has 0 saturated heterocycles. The van der Waals surface area contributed by atoms with E-state index in [1.807, 2.05) is 0 Å². The predicted molar refractivity (Wildman–Crippen MR) is 112 cm³/mol. The first kappa shape index (κ1) is 23.1. The summed E-state index contributed by atoms with van der Waals surface area (Å²) in [5.41, 5.74) is 0.551. The van der Waals surface area contributed by atoms with Crippen molar-refractivity contribution < 1.29 is 24.0 Å². The minimum atomic E-state index is -0.981. The van der Waals surface area contributed by atoms with E-state index in [2.05, 4.69) is 0 Å². The number of hydrogen-bond acceptors (Lipinski definition) is 6. The van der Waals surface area contributed by atoms with Gasteiger partial charge in [-0.3, -0.25) is 14.9 Å². The minimum Gasteiger partial charge on any atom is -0.497 e. The maximum atomic E-state index is 13.1. The van der Waals surface area contributed by atoms with E-state index in [9.17, 15) is 19.7 Å². The van der Waals surface area contributed by atoms with Gasteiger partial charge in [-0.05, 0) is 50.5 Å². The summed E-state index contributed by atoms with van der Waals surface area (Å²) in [6.45, 7) is 4.53. The van der Waals surface area contributed by atoms with Crippen LogP contribution in [0.15, 0.2) is 54.6 Å². The van der Waals surface area contributed by atoms with Gasteiger partial charge in [0.05, 0.1) is 13.0 Å². The molecule has 0 N–H and O–H groups in total. The van der Waals surface area contributed by atoms with Gasteiger partial charge in [0.25, 0.3) is 0 Å². The van der Waals surface area contributed by atoms with E-state index in [-0.39, 0.29) is 6.42 Å². The van der Waals surface area contributed by atoms with Crippen molar-refractivity contribution in [2.45, 2.75) is 38.7 Å². The fraction of sp³-hybridized carbons (Fsp3) is 0.391. The molecule has 0 aromatic heterocycles. The minimum absolute atomic E-state index is 0.162. The fourth-order valence-electron chi connectivity index (χ4n) is 3.24. The molecule has 0 heterocycles. The highest BCUT2D eigenvalue weighted by atomic mass is 16.6. The van der Waals surface area contributed by atoms with Gasteiger partial charge in [-0.2, -0.15) is 0 Å². The Labute approximate surface area is 176 Å². The van der Waals surface area contributed by atoms with Gasteiger partial charge < -0.3 is 9.47 Å². The zero-order valence-electron chi connectivity index (χ0n) is 17.7. The average Bonchev–Trinajstić information content (AvgIpc) is 2.69. The number of ketones is 1. The van der Waals surface area contributed by atoms with Crippen molar-refractivity contribution >= 4 is 11.8 Å². The zero-order chi connectivity index (χ0) is 22.3. The number of esters is 1. The number of nitrogens with zero attached hydrogens (tertiary/aromatic N) is 1. The largest absolute Gasteiger partial charge is 0.497 e. The molecule has 7 nitrogen and oxygen atoms in total. The summed E-state index contributed by atoms with van der Waals surface area (Å²) in [6, 6.07) is 15.8. The molecule has 0 saturated carbocycles. The molecule has 0 radical (unpaired) electrons. The fourth-order valence-corrected chi connectivity index (χ4v) is 3.24. The summed E-state index contributed by atoms with van der Waals surface area (Å²) < 4.78 is 10.4. The van der Waals surface area contributed by atoms with Gasteiger partial charge in [0.2, 0.25) is 12.3 Å². The lowest BCUT2D eigenvalue weighted by atomic mass is 9.79. The highest BCUT2D eigenvalue weighted by Crippen LogP contribution is 2.30. The molecular weight excluding hydrogens is 386 g/mol. The number of Topliss-reactive ketones (excluding diaryl/α,β-unsaturated/α-hetero) is 1. The second kappa shape index (κ2) is 10.0. The van der Waals surface area contributed by atoms with Gasteiger partial charge in [0.15, 0.2) is 0 Å². The molecule has 0 amide bonds. The maximum Gasteiger partial charge on any atom is 0.375 e. The van der Waals surface area contributed by atoms with Crippen molar-refractivity contribution in [3.05, 3.63) is 75.8 Å². The van der Waals surface area contributed by atoms with Crippen LogP contribution in [0.25, 0.3) is 0 Å². The van der Waals surface area contributed by atoms with Crippen LogP contribution in [0.3, 0.4) is 0 Å². The lowest BCUT2D eigenvalue weighted by molar-refractivity contribution is -0.484. The lowest BCUT2D eigenvalue weighted by Crippen LogP contribution is -2.37. The van der Waals surface area contributed by atoms with Crippen LogP contribution in [-0.4, -0.2) is 35.9 Å². The smallest absolute Gasteiger partial charge is 0.375 e. The van der Waals surface area contributed by atoms with Crippen LogP contribution in [-0.2, 0) is 20.7 Å². The highest BCUT2D eigenvalue weighted by molar-refractivity contribution is 6.34. The summed E-state index contributed by atoms with van der Waals surface area (Å²) >= 11 is 0. The number of ether oxygens (including phenoxy) is 2. The molecule has 0 fully saturated rings. The Hall–Kier alpha value is -3.22. The number of nitro groups is 1. The van der Waals surface area contributed by atoms with Crippen LogP contribution in [0.1, 0.15) is 37.8 Å². The zero-order valence-corrected chi connectivity index (χ0v) is 17.7. The first-order valence-corrected chi connectivity index (χ1v) is 9.67. The number of rotatable bonds is 9. The van der Waals surface area contributed by atoms with Crippen LogP contribution >= 0.6 is 0 Å².